The molecule has 1 aromatic heterocycles. The van der Waals surface area contributed by atoms with E-state index in [4.69, 9.17) is 0 Å². The summed E-state index contributed by atoms with van der Waals surface area (Å²) in [4.78, 5) is 30.9. The van der Waals surface area contributed by atoms with Gasteiger partial charge in [-0.15, -0.1) is 0 Å². The second-order valence-electron chi connectivity index (χ2n) is 6.89. The van der Waals surface area contributed by atoms with Crippen LogP contribution in [0.2, 0.25) is 0 Å². The molecular formula is C22H15F2N3O2. The first-order valence-corrected chi connectivity index (χ1v) is 9.02. The van der Waals surface area contributed by atoms with Crippen LogP contribution in [0, 0.1) is 28.9 Å². The van der Waals surface area contributed by atoms with Crippen LogP contribution >= 0.6 is 0 Å². The minimum atomic E-state index is -1.13. The van der Waals surface area contributed by atoms with Crippen molar-refractivity contribution in [1.29, 1.82) is 5.26 Å². The number of pyridine rings is 1. The van der Waals surface area contributed by atoms with E-state index >= 15 is 0 Å². The largest absolute Gasteiger partial charge is 0.309 e. The second-order valence-corrected chi connectivity index (χ2v) is 6.89. The highest BCUT2D eigenvalue weighted by Gasteiger charge is 2.39. The maximum Gasteiger partial charge on any atom is 0.227 e. The van der Waals surface area contributed by atoms with Gasteiger partial charge >= 0.3 is 0 Å². The number of Topliss-reactive ketones (excluding diaryl/α,β-unsaturated/α-hetero) is 1. The van der Waals surface area contributed by atoms with Crippen LogP contribution in [-0.4, -0.2) is 23.2 Å². The zero-order chi connectivity index (χ0) is 20.5. The molecular weight excluding hydrogens is 376 g/mol. The third-order valence-corrected chi connectivity index (χ3v) is 5.06. The number of benzene rings is 2. The number of hydrogen-bond donors (Lipinski definition) is 0. The summed E-state index contributed by atoms with van der Waals surface area (Å²) >= 11 is 0. The molecule has 0 bridgehead atoms. The van der Waals surface area contributed by atoms with Crippen molar-refractivity contribution < 1.29 is 18.4 Å². The van der Waals surface area contributed by atoms with Gasteiger partial charge in [0.2, 0.25) is 5.91 Å². The van der Waals surface area contributed by atoms with Crippen LogP contribution < -0.4 is 4.90 Å². The molecule has 1 aliphatic heterocycles. The normalized spacial score (nSPS) is 17.3. The number of hydrogen-bond acceptors (Lipinski definition) is 4. The van der Waals surface area contributed by atoms with Gasteiger partial charge in [0, 0.05) is 30.3 Å². The van der Waals surface area contributed by atoms with Crippen LogP contribution in [0.15, 0.2) is 54.6 Å². The van der Waals surface area contributed by atoms with Crippen LogP contribution in [0.1, 0.15) is 18.0 Å². The Morgan fingerprint density at radius 1 is 1.17 bits per heavy atom. The number of carbonyl (C=O) groups is 2. The number of fused-ring (bicyclic) bond motifs is 1. The number of carbonyl (C=O) groups excluding carboxylic acids is 2. The highest BCUT2D eigenvalue weighted by atomic mass is 19.1. The summed E-state index contributed by atoms with van der Waals surface area (Å²) < 4.78 is 27.2. The van der Waals surface area contributed by atoms with Crippen molar-refractivity contribution in [3.63, 3.8) is 0 Å². The van der Waals surface area contributed by atoms with Crippen molar-refractivity contribution in [3.8, 4) is 6.07 Å². The molecule has 0 aliphatic carbocycles. The van der Waals surface area contributed by atoms with Crippen LogP contribution in [0.25, 0.3) is 10.9 Å². The highest BCUT2D eigenvalue weighted by Crippen LogP contribution is 2.31. The molecule has 0 N–H and O–H groups in total. The van der Waals surface area contributed by atoms with Crippen molar-refractivity contribution in [3.05, 3.63) is 71.9 Å². The molecule has 144 valence electrons. The molecule has 4 rings (SSSR count). The Labute approximate surface area is 165 Å². The lowest BCUT2D eigenvalue weighted by molar-refractivity contribution is -0.124. The number of amides is 1. The fraction of sp³-hybridized carbons (Fsp3) is 0.182. The lowest BCUT2D eigenvalue weighted by Gasteiger charge is -2.18. The van der Waals surface area contributed by atoms with Gasteiger partial charge < -0.3 is 4.90 Å². The zero-order valence-corrected chi connectivity index (χ0v) is 15.2. The predicted octanol–water partition coefficient (Wildman–Crippen LogP) is 3.74. The maximum atomic E-state index is 14.1. The summed E-state index contributed by atoms with van der Waals surface area (Å²) in [6.07, 6.45) is -0.137. The Bertz CT molecular complexity index is 1170. The van der Waals surface area contributed by atoms with Crippen molar-refractivity contribution >= 4 is 28.3 Å². The first-order chi connectivity index (χ1) is 14.0. The average molecular weight is 391 g/mol. The van der Waals surface area contributed by atoms with Crippen molar-refractivity contribution in [2.45, 2.75) is 12.3 Å². The summed E-state index contributed by atoms with van der Waals surface area (Å²) in [5, 5.41) is 10.5. The van der Waals surface area contributed by atoms with E-state index in [0.29, 0.717) is 17.3 Å². The molecule has 1 amide bonds. The molecule has 7 heteroatoms. The first kappa shape index (κ1) is 18.7. The molecule has 1 fully saturated rings. The van der Waals surface area contributed by atoms with E-state index in [1.807, 2.05) is 24.3 Å². The fourth-order valence-electron chi connectivity index (χ4n) is 3.58. The fourth-order valence-corrected chi connectivity index (χ4v) is 3.58. The van der Waals surface area contributed by atoms with E-state index in [9.17, 15) is 23.6 Å². The lowest BCUT2D eigenvalue weighted by Crippen LogP contribution is -2.28. The SMILES string of the molecule is N#CC(C(=O)C1CC(=O)N(c2ccc(F)cc2F)C1)c1ccc2ccccc2n1. The minimum Gasteiger partial charge on any atom is -0.309 e. The summed E-state index contributed by atoms with van der Waals surface area (Å²) in [5.74, 6) is -4.41. The molecule has 1 saturated heterocycles. The van der Waals surface area contributed by atoms with Crippen molar-refractivity contribution in [1.82, 2.24) is 4.98 Å². The minimum absolute atomic E-state index is 0.0635. The van der Waals surface area contributed by atoms with E-state index in [1.54, 1.807) is 18.2 Å². The molecule has 3 aromatic rings. The van der Waals surface area contributed by atoms with Gasteiger partial charge in [-0.1, -0.05) is 24.3 Å². The number of anilines is 1. The number of ketones is 1. The Morgan fingerprint density at radius 3 is 2.72 bits per heavy atom. The topological polar surface area (TPSA) is 74.1 Å². The van der Waals surface area contributed by atoms with E-state index in [1.165, 1.54) is 6.07 Å². The second kappa shape index (κ2) is 7.40. The average Bonchev–Trinajstić information content (AvgIpc) is 3.10. The van der Waals surface area contributed by atoms with Gasteiger partial charge in [0.25, 0.3) is 0 Å². The molecule has 1 aliphatic rings. The van der Waals surface area contributed by atoms with E-state index in [-0.39, 0.29) is 18.7 Å². The molecule has 0 spiro atoms. The van der Waals surface area contributed by atoms with Crippen molar-refractivity contribution in [2.24, 2.45) is 5.92 Å². The summed E-state index contributed by atoms with van der Waals surface area (Å²) in [7, 11) is 0. The van der Waals surface area contributed by atoms with Gasteiger partial charge in [-0.3, -0.25) is 14.6 Å². The van der Waals surface area contributed by atoms with Gasteiger partial charge in [-0.25, -0.2) is 8.78 Å². The third-order valence-electron chi connectivity index (χ3n) is 5.06. The van der Waals surface area contributed by atoms with Crippen LogP contribution in [0.5, 0.6) is 0 Å². The van der Waals surface area contributed by atoms with Gasteiger partial charge in [-0.2, -0.15) is 5.26 Å². The van der Waals surface area contributed by atoms with E-state index < -0.39 is 35.2 Å². The summed E-state index contributed by atoms with van der Waals surface area (Å²) in [5.41, 5.74) is 0.898. The number of aromatic nitrogens is 1. The van der Waals surface area contributed by atoms with E-state index in [0.717, 1.165) is 16.4 Å². The number of para-hydroxylation sites is 1. The number of nitrogens with zero attached hydrogens (tertiary/aromatic N) is 3. The monoisotopic (exact) mass is 391 g/mol. The molecule has 2 aromatic carbocycles. The lowest BCUT2D eigenvalue weighted by atomic mass is 9.90. The van der Waals surface area contributed by atoms with E-state index in [2.05, 4.69) is 4.98 Å². The predicted molar refractivity (Wildman–Crippen MR) is 102 cm³/mol. The molecule has 2 heterocycles. The summed E-state index contributed by atoms with van der Waals surface area (Å²) in [6, 6.07) is 15.6. The smallest absolute Gasteiger partial charge is 0.227 e. The Morgan fingerprint density at radius 2 is 1.97 bits per heavy atom. The first-order valence-electron chi connectivity index (χ1n) is 9.02. The highest BCUT2D eigenvalue weighted by molar-refractivity contribution is 6.03. The number of nitriles is 1. The quantitative estimate of drug-likeness (QED) is 0.679. The molecule has 0 radical (unpaired) electrons. The molecule has 0 saturated carbocycles. The maximum absolute atomic E-state index is 14.1. The van der Waals surface area contributed by atoms with Gasteiger partial charge in [0.05, 0.1) is 23.0 Å². The molecule has 29 heavy (non-hydrogen) atoms. The van der Waals surface area contributed by atoms with Gasteiger partial charge in [0.15, 0.2) is 5.78 Å². The third kappa shape index (κ3) is 3.45. The Hall–Kier alpha value is -3.66. The van der Waals surface area contributed by atoms with Crippen molar-refractivity contribution in [2.75, 3.05) is 11.4 Å². The zero-order valence-electron chi connectivity index (χ0n) is 15.2. The Kier molecular flexibility index (Phi) is 4.77. The van der Waals surface area contributed by atoms with Gasteiger partial charge in [-0.05, 0) is 24.3 Å². The van der Waals surface area contributed by atoms with Crippen LogP contribution in [0.3, 0.4) is 0 Å². The molecule has 5 nitrogen and oxygen atoms in total. The summed E-state index contributed by atoms with van der Waals surface area (Å²) in [6.45, 7) is -0.0635. The Balaban J connectivity index is 1.59. The van der Waals surface area contributed by atoms with Crippen LogP contribution in [-0.2, 0) is 9.59 Å². The number of rotatable bonds is 4. The van der Waals surface area contributed by atoms with Gasteiger partial charge in [0.1, 0.15) is 17.6 Å². The standard InChI is InChI=1S/C22H15F2N3O2/c23-15-6-8-20(17(24)10-15)27-12-14(9-21(27)28)22(29)16(11-25)19-7-5-13-3-1-2-4-18(13)26-19/h1-8,10,14,16H,9,12H2. The van der Waals surface area contributed by atoms with Crippen LogP contribution in [0.4, 0.5) is 14.5 Å². The number of halogens is 2. The molecule has 2 atom stereocenters. The molecule has 2 unspecified atom stereocenters.